The van der Waals surface area contributed by atoms with Gasteiger partial charge >= 0.3 is 6.03 Å². The van der Waals surface area contributed by atoms with Crippen LogP contribution in [0.25, 0.3) is 0 Å². The van der Waals surface area contributed by atoms with E-state index in [4.69, 9.17) is 33.7 Å². The number of hydrogen-bond acceptors (Lipinski definition) is 5. The van der Waals surface area contributed by atoms with E-state index in [0.29, 0.717) is 27.0 Å². The van der Waals surface area contributed by atoms with E-state index in [1.165, 1.54) is 24.6 Å². The van der Waals surface area contributed by atoms with Gasteiger partial charge in [0, 0.05) is 21.8 Å². The minimum absolute atomic E-state index is 0.231. The van der Waals surface area contributed by atoms with E-state index < -0.39 is 0 Å². The Balaban J connectivity index is 1.51. The van der Waals surface area contributed by atoms with Crippen LogP contribution in [-0.2, 0) is 6.42 Å². The fourth-order valence-electron chi connectivity index (χ4n) is 3.42. The molecule has 9 heteroatoms. The topological polar surface area (TPSA) is 88.4 Å². The number of anilines is 2. The number of nitrogens with one attached hydrogen (secondary N) is 3. The first-order valence-electron chi connectivity index (χ1n) is 11.1. The molecule has 0 saturated carbocycles. The normalized spacial score (nSPS) is 12.1. The van der Waals surface area contributed by atoms with Crippen molar-refractivity contribution in [1.82, 2.24) is 5.32 Å². The summed E-state index contributed by atoms with van der Waals surface area (Å²) in [6, 6.07) is 18.6. The van der Waals surface area contributed by atoms with Gasteiger partial charge in [0.15, 0.2) is 0 Å². The summed E-state index contributed by atoms with van der Waals surface area (Å²) in [5.41, 5.74) is 9.43. The highest BCUT2D eigenvalue weighted by Gasteiger charge is 2.17. The Morgan fingerprint density at radius 3 is 2.23 bits per heavy atom. The van der Waals surface area contributed by atoms with Gasteiger partial charge < -0.3 is 25.8 Å². The van der Waals surface area contributed by atoms with Crippen molar-refractivity contribution < 1.29 is 9.53 Å². The molecular weight excluding hydrogens is 503 g/mol. The monoisotopic (exact) mass is 532 g/mol. The van der Waals surface area contributed by atoms with Crippen LogP contribution in [0.2, 0.25) is 10.0 Å². The van der Waals surface area contributed by atoms with Crippen LogP contribution in [0.4, 0.5) is 16.2 Å². The zero-order valence-electron chi connectivity index (χ0n) is 20.1. The minimum Gasteiger partial charge on any atom is -0.495 e. The van der Waals surface area contributed by atoms with Gasteiger partial charge in [-0.2, -0.15) is 0 Å². The first-order valence-corrected chi connectivity index (χ1v) is 12.6. The van der Waals surface area contributed by atoms with Crippen molar-refractivity contribution in [3.05, 3.63) is 81.8 Å². The van der Waals surface area contributed by atoms with Crippen LogP contribution in [0.3, 0.4) is 0 Å². The molecule has 6 nitrogen and oxygen atoms in total. The summed E-state index contributed by atoms with van der Waals surface area (Å²) >= 11 is 14.1. The number of nitrogens with two attached hydrogens (primary N) is 1. The lowest BCUT2D eigenvalue weighted by molar-refractivity contribution is 0.249. The summed E-state index contributed by atoms with van der Waals surface area (Å²) in [4.78, 5) is 13.5. The highest BCUT2D eigenvalue weighted by molar-refractivity contribution is 8.00. The van der Waals surface area contributed by atoms with Gasteiger partial charge in [-0.1, -0.05) is 41.4 Å². The molecule has 2 amide bonds. The Kier molecular flexibility index (Phi) is 9.19. The molecule has 3 aromatic carbocycles. The number of rotatable bonds is 9. The van der Waals surface area contributed by atoms with E-state index in [-0.39, 0.29) is 17.6 Å². The van der Waals surface area contributed by atoms with E-state index in [1.54, 1.807) is 12.1 Å². The molecule has 3 rings (SSSR count). The van der Waals surface area contributed by atoms with Crippen LogP contribution in [-0.4, -0.2) is 18.7 Å². The minimum atomic E-state index is -0.354. The first kappa shape index (κ1) is 27.0. The summed E-state index contributed by atoms with van der Waals surface area (Å²) < 4.78 is 8.49. The van der Waals surface area contributed by atoms with E-state index in [2.05, 4.69) is 27.5 Å². The number of ether oxygens (including phenoxy) is 1. The van der Waals surface area contributed by atoms with Crippen molar-refractivity contribution in [3.8, 4) is 5.75 Å². The van der Waals surface area contributed by atoms with Crippen molar-refractivity contribution in [3.63, 3.8) is 0 Å². The van der Waals surface area contributed by atoms with E-state index in [9.17, 15) is 4.79 Å². The number of carbonyl (C=O) groups is 1. The summed E-state index contributed by atoms with van der Waals surface area (Å²) in [5, 5.41) is 6.37. The lowest BCUT2D eigenvalue weighted by Crippen LogP contribution is -2.34. The molecule has 0 radical (unpaired) electrons. The predicted octanol–water partition coefficient (Wildman–Crippen LogP) is 7.28. The maximum Gasteiger partial charge on any atom is 0.319 e. The average molecular weight is 534 g/mol. The summed E-state index contributed by atoms with van der Waals surface area (Å²) in [6.45, 7) is 5.87. The smallest absolute Gasteiger partial charge is 0.319 e. The van der Waals surface area contributed by atoms with Gasteiger partial charge in [0.1, 0.15) is 10.8 Å². The molecule has 1 atom stereocenters. The number of methoxy groups -OCH3 is 1. The summed E-state index contributed by atoms with van der Waals surface area (Å²) in [6.07, 6.45) is 0.822. The lowest BCUT2D eigenvalue weighted by Gasteiger charge is -2.18. The second kappa shape index (κ2) is 11.9. The quantitative estimate of drug-likeness (QED) is 0.217. The number of carbonyl (C=O) groups excluding carboxylic acids is 1. The number of hydrogen-bond donors (Lipinski definition) is 4. The van der Waals surface area contributed by atoms with Crippen LogP contribution >= 0.6 is 35.1 Å². The maximum absolute atomic E-state index is 12.5. The van der Waals surface area contributed by atoms with E-state index in [0.717, 1.165) is 17.0 Å². The van der Waals surface area contributed by atoms with Gasteiger partial charge in [0.05, 0.1) is 18.2 Å². The molecule has 0 spiro atoms. The second-order valence-corrected chi connectivity index (χ2v) is 10.5. The number of amides is 2. The van der Waals surface area contributed by atoms with Gasteiger partial charge in [-0.25, -0.2) is 4.79 Å². The Bertz CT molecular complexity index is 1150. The van der Waals surface area contributed by atoms with Crippen molar-refractivity contribution in [1.29, 1.82) is 0 Å². The molecule has 5 N–H and O–H groups in total. The van der Waals surface area contributed by atoms with Gasteiger partial charge in [-0.05, 0) is 92.7 Å². The van der Waals surface area contributed by atoms with Crippen molar-refractivity contribution in [2.45, 2.75) is 43.7 Å². The van der Waals surface area contributed by atoms with Crippen LogP contribution in [0.5, 0.6) is 5.75 Å². The van der Waals surface area contributed by atoms with Gasteiger partial charge in [0.25, 0.3) is 0 Å². The molecule has 0 aromatic heterocycles. The molecule has 0 saturated heterocycles. The zero-order chi connectivity index (χ0) is 25.6. The predicted molar refractivity (Wildman–Crippen MR) is 148 cm³/mol. The molecule has 0 aliphatic rings. The molecule has 186 valence electrons. The van der Waals surface area contributed by atoms with Crippen LogP contribution in [0.15, 0.2) is 65.6 Å². The second-order valence-electron chi connectivity index (χ2n) is 8.90. The van der Waals surface area contributed by atoms with Crippen LogP contribution in [0, 0.1) is 0 Å². The fraction of sp³-hybridized carbons (Fsp3) is 0.269. The molecule has 0 aliphatic heterocycles. The van der Waals surface area contributed by atoms with Crippen molar-refractivity contribution in [2.75, 3.05) is 17.1 Å². The standard InChI is InChI=1S/C26H30Cl2N4O2S/c1-16(21-13-14-22(34-4)24(28)23(21)27)30-25(33)31-18-9-11-20(12-10-18)35-32-19-7-5-17(6-8-19)15-26(2,3)29/h5-14,16,32H,15,29H2,1-4H3,(H2,30,31,33). The van der Waals surface area contributed by atoms with Crippen LogP contribution in [0.1, 0.15) is 37.9 Å². The molecular formula is C26H30Cl2N4O2S. The zero-order valence-corrected chi connectivity index (χ0v) is 22.4. The Hall–Kier alpha value is -2.58. The Morgan fingerprint density at radius 2 is 1.63 bits per heavy atom. The third-order valence-corrected chi connectivity index (χ3v) is 6.85. The summed E-state index contributed by atoms with van der Waals surface area (Å²) in [7, 11) is 1.52. The highest BCUT2D eigenvalue weighted by atomic mass is 35.5. The van der Waals surface area contributed by atoms with E-state index >= 15 is 0 Å². The van der Waals surface area contributed by atoms with Gasteiger partial charge in [0.2, 0.25) is 0 Å². The number of urea groups is 1. The molecule has 3 aromatic rings. The van der Waals surface area contributed by atoms with E-state index in [1.807, 2.05) is 57.2 Å². The first-order chi connectivity index (χ1) is 16.6. The summed E-state index contributed by atoms with van der Waals surface area (Å²) in [5.74, 6) is 0.483. The number of halogens is 2. The third-order valence-electron chi connectivity index (χ3n) is 5.12. The fourth-order valence-corrected chi connectivity index (χ4v) is 4.63. The molecule has 0 aliphatic carbocycles. The maximum atomic E-state index is 12.5. The Morgan fingerprint density at radius 1 is 1.00 bits per heavy atom. The lowest BCUT2D eigenvalue weighted by atomic mass is 9.96. The Labute approximate surface area is 221 Å². The molecule has 1 unspecified atom stereocenters. The third kappa shape index (κ3) is 7.97. The van der Waals surface area contributed by atoms with Crippen molar-refractivity contribution >= 4 is 52.6 Å². The molecule has 0 fully saturated rings. The number of benzene rings is 3. The van der Waals surface area contributed by atoms with Gasteiger partial charge in [-0.15, -0.1) is 0 Å². The average Bonchev–Trinajstić information content (AvgIpc) is 2.80. The SMILES string of the molecule is COc1ccc(C(C)NC(=O)Nc2ccc(SNc3ccc(CC(C)(C)N)cc3)cc2)c(Cl)c1Cl. The van der Waals surface area contributed by atoms with Crippen molar-refractivity contribution in [2.24, 2.45) is 5.73 Å². The largest absolute Gasteiger partial charge is 0.495 e. The van der Waals surface area contributed by atoms with Gasteiger partial charge in [-0.3, -0.25) is 0 Å². The molecule has 0 bridgehead atoms. The molecule has 0 heterocycles. The molecule has 35 heavy (non-hydrogen) atoms. The highest BCUT2D eigenvalue weighted by Crippen LogP contribution is 2.37. The van der Waals surface area contributed by atoms with Crippen LogP contribution < -0.4 is 25.8 Å².